The van der Waals surface area contributed by atoms with E-state index in [9.17, 15) is 14.4 Å². The fraction of sp³-hybridized carbons (Fsp3) is 0.571. The number of nitrogens with zero attached hydrogens (tertiary/aromatic N) is 2. The molecule has 1 aromatic rings. The lowest BCUT2D eigenvalue weighted by atomic mass is 9.85. The smallest absolute Gasteiger partial charge is 0.308 e. The van der Waals surface area contributed by atoms with E-state index in [0.717, 1.165) is 5.56 Å². The maximum Gasteiger partial charge on any atom is 0.308 e. The first-order valence-electron chi connectivity index (χ1n) is 9.59. The molecule has 1 aliphatic heterocycles. The normalized spacial score (nSPS) is 18.2. The van der Waals surface area contributed by atoms with E-state index in [0.29, 0.717) is 31.7 Å². The third-order valence-corrected chi connectivity index (χ3v) is 5.35. The Labute approximate surface area is 161 Å². The van der Waals surface area contributed by atoms with Gasteiger partial charge in [-0.1, -0.05) is 44.2 Å². The fourth-order valence-corrected chi connectivity index (χ4v) is 3.58. The van der Waals surface area contributed by atoms with Crippen LogP contribution >= 0.6 is 0 Å². The molecule has 0 aromatic heterocycles. The highest BCUT2D eigenvalue weighted by Gasteiger charge is 2.29. The molecule has 0 radical (unpaired) electrons. The summed E-state index contributed by atoms with van der Waals surface area (Å²) in [5, 5.41) is 9.16. The van der Waals surface area contributed by atoms with Gasteiger partial charge in [0.15, 0.2) is 0 Å². The topological polar surface area (TPSA) is 77.9 Å². The van der Waals surface area contributed by atoms with Gasteiger partial charge < -0.3 is 14.9 Å². The molecule has 1 aromatic carbocycles. The molecule has 0 bridgehead atoms. The lowest BCUT2D eigenvalue weighted by Gasteiger charge is -2.32. The molecule has 2 amide bonds. The summed E-state index contributed by atoms with van der Waals surface area (Å²) in [6, 6.07) is 9.96. The summed E-state index contributed by atoms with van der Waals surface area (Å²) in [7, 11) is 1.64. The summed E-state index contributed by atoms with van der Waals surface area (Å²) < 4.78 is 0. The quantitative estimate of drug-likeness (QED) is 0.796. The molecular formula is C21H30N2O4. The number of piperidine rings is 1. The molecule has 2 rings (SSSR count). The molecule has 6 nitrogen and oxygen atoms in total. The first-order valence-corrected chi connectivity index (χ1v) is 9.59. The number of aliphatic carboxylic acids is 1. The minimum absolute atomic E-state index is 0.00915. The van der Waals surface area contributed by atoms with Gasteiger partial charge in [0, 0.05) is 26.6 Å². The zero-order valence-electron chi connectivity index (χ0n) is 16.4. The highest BCUT2D eigenvalue weighted by molar-refractivity contribution is 5.85. The van der Waals surface area contributed by atoms with Crippen LogP contribution in [0.5, 0.6) is 0 Å². The molecule has 27 heavy (non-hydrogen) atoms. The SMILES string of the molecule is CC(C)C(CC(=O)N(C)CC(=O)N1CCCC(C(=O)O)C1)c1ccccc1. The summed E-state index contributed by atoms with van der Waals surface area (Å²) >= 11 is 0. The average molecular weight is 374 g/mol. The van der Waals surface area contributed by atoms with E-state index in [-0.39, 0.29) is 30.8 Å². The van der Waals surface area contributed by atoms with E-state index < -0.39 is 11.9 Å². The molecule has 0 saturated carbocycles. The van der Waals surface area contributed by atoms with E-state index >= 15 is 0 Å². The van der Waals surface area contributed by atoms with Crippen LogP contribution < -0.4 is 0 Å². The zero-order valence-corrected chi connectivity index (χ0v) is 16.4. The van der Waals surface area contributed by atoms with E-state index in [4.69, 9.17) is 5.11 Å². The maximum absolute atomic E-state index is 12.7. The standard InChI is InChI=1S/C21H30N2O4/c1-15(2)18(16-8-5-4-6-9-16)12-19(24)22(3)14-20(25)23-11-7-10-17(13-23)21(26)27/h4-6,8-9,15,17-18H,7,10-14H2,1-3H3,(H,26,27). The number of likely N-dealkylation sites (tertiary alicyclic amines) is 1. The molecule has 1 saturated heterocycles. The Balaban J connectivity index is 1.94. The van der Waals surface area contributed by atoms with Crippen molar-refractivity contribution in [1.29, 1.82) is 0 Å². The van der Waals surface area contributed by atoms with Gasteiger partial charge in [-0.15, -0.1) is 0 Å². The zero-order chi connectivity index (χ0) is 20.0. The summed E-state index contributed by atoms with van der Waals surface area (Å²) in [5.41, 5.74) is 1.13. The van der Waals surface area contributed by atoms with Crippen molar-refractivity contribution in [2.24, 2.45) is 11.8 Å². The van der Waals surface area contributed by atoms with E-state index in [1.807, 2.05) is 30.3 Å². The lowest BCUT2D eigenvalue weighted by molar-refractivity contribution is -0.147. The van der Waals surface area contributed by atoms with Crippen LogP contribution in [-0.2, 0) is 14.4 Å². The second-order valence-corrected chi connectivity index (χ2v) is 7.73. The first-order chi connectivity index (χ1) is 12.8. The van der Waals surface area contributed by atoms with Gasteiger partial charge in [0.1, 0.15) is 0 Å². The molecule has 1 N–H and O–H groups in total. The van der Waals surface area contributed by atoms with Gasteiger partial charge in [0.25, 0.3) is 0 Å². The van der Waals surface area contributed by atoms with Crippen molar-refractivity contribution in [2.75, 3.05) is 26.7 Å². The van der Waals surface area contributed by atoms with Crippen LogP contribution in [0.1, 0.15) is 44.6 Å². The molecule has 1 fully saturated rings. The van der Waals surface area contributed by atoms with Crippen molar-refractivity contribution in [3.8, 4) is 0 Å². The third kappa shape index (κ3) is 5.81. The van der Waals surface area contributed by atoms with Crippen LogP contribution in [0.4, 0.5) is 0 Å². The number of carbonyl (C=O) groups excluding carboxylic acids is 2. The third-order valence-electron chi connectivity index (χ3n) is 5.35. The number of amides is 2. The van der Waals surface area contributed by atoms with Gasteiger partial charge in [-0.3, -0.25) is 14.4 Å². The Morgan fingerprint density at radius 1 is 1.22 bits per heavy atom. The minimum atomic E-state index is -0.862. The molecule has 2 atom stereocenters. The summed E-state index contributed by atoms with van der Waals surface area (Å²) in [4.78, 5) is 39.4. The number of likely N-dealkylation sites (N-methyl/N-ethyl adjacent to an activating group) is 1. The highest BCUT2D eigenvalue weighted by atomic mass is 16.4. The molecule has 2 unspecified atom stereocenters. The molecule has 0 spiro atoms. The van der Waals surface area contributed by atoms with Crippen molar-refractivity contribution in [3.05, 3.63) is 35.9 Å². The molecule has 0 aliphatic carbocycles. The predicted octanol–water partition coefficient (Wildman–Crippen LogP) is 2.60. The number of rotatable bonds is 7. The monoisotopic (exact) mass is 374 g/mol. The van der Waals surface area contributed by atoms with Crippen LogP contribution in [0.2, 0.25) is 0 Å². The molecule has 1 heterocycles. The Bertz CT molecular complexity index is 659. The van der Waals surface area contributed by atoms with Crippen molar-refractivity contribution >= 4 is 17.8 Å². The second-order valence-electron chi connectivity index (χ2n) is 7.73. The number of hydrogen-bond donors (Lipinski definition) is 1. The number of carbonyl (C=O) groups is 3. The Kier molecular flexibility index (Phi) is 7.39. The Hall–Kier alpha value is -2.37. The summed E-state index contributed by atoms with van der Waals surface area (Å²) in [5.74, 6) is -1.22. The molecule has 6 heteroatoms. The van der Waals surface area contributed by atoms with Gasteiger partial charge in [0.05, 0.1) is 12.5 Å². The first kappa shape index (κ1) is 20.9. The van der Waals surface area contributed by atoms with Crippen molar-refractivity contribution in [2.45, 2.75) is 39.0 Å². The Morgan fingerprint density at radius 3 is 2.48 bits per heavy atom. The second kappa shape index (κ2) is 9.53. The van der Waals surface area contributed by atoms with Gasteiger partial charge in [-0.25, -0.2) is 0 Å². The minimum Gasteiger partial charge on any atom is -0.481 e. The van der Waals surface area contributed by atoms with Crippen LogP contribution in [0.15, 0.2) is 30.3 Å². The highest BCUT2D eigenvalue weighted by Crippen LogP contribution is 2.28. The largest absolute Gasteiger partial charge is 0.481 e. The number of benzene rings is 1. The molecule has 1 aliphatic rings. The number of hydrogen-bond acceptors (Lipinski definition) is 3. The van der Waals surface area contributed by atoms with Crippen molar-refractivity contribution in [1.82, 2.24) is 9.80 Å². The maximum atomic E-state index is 12.7. The van der Waals surface area contributed by atoms with Crippen LogP contribution in [0.3, 0.4) is 0 Å². The van der Waals surface area contributed by atoms with E-state index in [2.05, 4.69) is 13.8 Å². The average Bonchev–Trinajstić information content (AvgIpc) is 2.66. The fourth-order valence-electron chi connectivity index (χ4n) is 3.58. The van der Waals surface area contributed by atoms with Gasteiger partial charge in [-0.2, -0.15) is 0 Å². The summed E-state index contributed by atoms with van der Waals surface area (Å²) in [6.07, 6.45) is 1.63. The van der Waals surface area contributed by atoms with Crippen LogP contribution in [0.25, 0.3) is 0 Å². The van der Waals surface area contributed by atoms with E-state index in [1.165, 1.54) is 4.90 Å². The lowest BCUT2D eigenvalue weighted by Crippen LogP contribution is -2.47. The van der Waals surface area contributed by atoms with Gasteiger partial charge in [-0.05, 0) is 30.2 Å². The number of carboxylic acids is 1. The van der Waals surface area contributed by atoms with Crippen molar-refractivity contribution in [3.63, 3.8) is 0 Å². The van der Waals surface area contributed by atoms with Gasteiger partial charge >= 0.3 is 5.97 Å². The van der Waals surface area contributed by atoms with E-state index in [1.54, 1.807) is 11.9 Å². The van der Waals surface area contributed by atoms with Gasteiger partial charge in [0.2, 0.25) is 11.8 Å². The summed E-state index contributed by atoms with van der Waals surface area (Å²) in [6.45, 7) is 4.97. The Morgan fingerprint density at radius 2 is 1.89 bits per heavy atom. The number of carboxylic acid groups (broad SMARTS) is 1. The van der Waals surface area contributed by atoms with Crippen LogP contribution in [0, 0.1) is 11.8 Å². The predicted molar refractivity (Wildman–Crippen MR) is 103 cm³/mol. The molecule has 148 valence electrons. The van der Waals surface area contributed by atoms with Crippen LogP contribution in [-0.4, -0.2) is 59.4 Å². The van der Waals surface area contributed by atoms with Crippen molar-refractivity contribution < 1.29 is 19.5 Å². The molecular weight excluding hydrogens is 344 g/mol.